The first-order valence-corrected chi connectivity index (χ1v) is 7.33. The normalized spacial score (nSPS) is 18.2. The zero-order chi connectivity index (χ0) is 14.6. The maximum absolute atomic E-state index is 5.88. The lowest BCUT2D eigenvalue weighted by Crippen LogP contribution is -2.36. The number of nitrogens with zero attached hydrogens (tertiary/aromatic N) is 3. The number of aromatic nitrogens is 2. The molecule has 0 amide bonds. The second-order valence-corrected chi connectivity index (χ2v) is 6.57. The molecular formula is C15H26N4O. The lowest BCUT2D eigenvalue weighted by molar-refractivity contribution is 0.109. The van der Waals surface area contributed by atoms with Gasteiger partial charge in [-0.3, -0.25) is 4.98 Å². The van der Waals surface area contributed by atoms with Crippen LogP contribution in [0.15, 0.2) is 12.4 Å². The molecule has 20 heavy (non-hydrogen) atoms. The van der Waals surface area contributed by atoms with Crippen molar-refractivity contribution in [3.63, 3.8) is 0 Å². The Hall–Kier alpha value is -1.20. The Morgan fingerprint density at radius 3 is 2.50 bits per heavy atom. The molecule has 5 heteroatoms. The molecule has 0 bridgehead atoms. The van der Waals surface area contributed by atoms with Gasteiger partial charge in [0, 0.05) is 25.2 Å². The fourth-order valence-corrected chi connectivity index (χ4v) is 2.12. The quantitative estimate of drug-likeness (QED) is 0.910. The Morgan fingerprint density at radius 2 is 1.95 bits per heavy atom. The average molecular weight is 278 g/mol. The Balaban J connectivity index is 1.82. The molecule has 0 atom stereocenters. The SMILES string of the molecule is CN1CCC(Oc2cnc(CNC(C)(C)C)cn2)CC1. The molecule has 1 aromatic heterocycles. The van der Waals surface area contributed by atoms with Crippen molar-refractivity contribution in [1.29, 1.82) is 0 Å². The minimum absolute atomic E-state index is 0.0883. The minimum atomic E-state index is 0.0883. The topological polar surface area (TPSA) is 50.3 Å². The highest BCUT2D eigenvalue weighted by Gasteiger charge is 2.18. The number of nitrogens with one attached hydrogen (secondary N) is 1. The molecule has 1 fully saturated rings. The maximum Gasteiger partial charge on any atom is 0.232 e. The van der Waals surface area contributed by atoms with Gasteiger partial charge in [0.05, 0.1) is 18.1 Å². The van der Waals surface area contributed by atoms with Crippen LogP contribution in [0.4, 0.5) is 0 Å². The molecule has 0 saturated carbocycles. The van der Waals surface area contributed by atoms with E-state index in [2.05, 4.69) is 48.0 Å². The Bertz CT molecular complexity index is 405. The average Bonchev–Trinajstić information content (AvgIpc) is 2.40. The van der Waals surface area contributed by atoms with Crippen LogP contribution in [-0.2, 0) is 6.54 Å². The summed E-state index contributed by atoms with van der Waals surface area (Å²) >= 11 is 0. The van der Waals surface area contributed by atoms with Crippen LogP contribution in [0.5, 0.6) is 5.88 Å². The standard InChI is InChI=1S/C15H26N4O/c1-15(2,3)18-10-12-9-17-14(11-16-12)20-13-5-7-19(4)8-6-13/h9,11,13,18H,5-8,10H2,1-4H3. The number of rotatable bonds is 4. The van der Waals surface area contributed by atoms with Crippen molar-refractivity contribution in [2.45, 2.75) is 51.8 Å². The number of hydrogen-bond acceptors (Lipinski definition) is 5. The molecule has 112 valence electrons. The van der Waals surface area contributed by atoms with E-state index < -0.39 is 0 Å². The summed E-state index contributed by atoms with van der Waals surface area (Å²) in [4.78, 5) is 11.1. The Morgan fingerprint density at radius 1 is 1.25 bits per heavy atom. The second kappa shape index (κ2) is 6.50. The minimum Gasteiger partial charge on any atom is -0.473 e. The smallest absolute Gasteiger partial charge is 0.232 e. The van der Waals surface area contributed by atoms with Crippen LogP contribution >= 0.6 is 0 Å². The van der Waals surface area contributed by atoms with Gasteiger partial charge in [-0.2, -0.15) is 0 Å². The van der Waals surface area contributed by atoms with Crippen molar-refractivity contribution in [2.75, 3.05) is 20.1 Å². The molecule has 0 radical (unpaired) electrons. The van der Waals surface area contributed by atoms with E-state index in [-0.39, 0.29) is 11.6 Å². The zero-order valence-electron chi connectivity index (χ0n) is 13.0. The summed E-state index contributed by atoms with van der Waals surface area (Å²) in [6.07, 6.45) is 5.93. The van der Waals surface area contributed by atoms with Gasteiger partial charge in [0.15, 0.2) is 0 Å². The van der Waals surface area contributed by atoms with E-state index in [0.717, 1.165) is 38.2 Å². The van der Waals surface area contributed by atoms with E-state index in [0.29, 0.717) is 5.88 Å². The van der Waals surface area contributed by atoms with Crippen molar-refractivity contribution >= 4 is 0 Å². The number of hydrogen-bond donors (Lipinski definition) is 1. The summed E-state index contributed by atoms with van der Waals surface area (Å²) in [6.45, 7) is 9.32. The van der Waals surface area contributed by atoms with E-state index in [4.69, 9.17) is 4.74 Å². The van der Waals surface area contributed by atoms with E-state index >= 15 is 0 Å². The van der Waals surface area contributed by atoms with Gasteiger partial charge in [-0.05, 0) is 40.7 Å². The van der Waals surface area contributed by atoms with E-state index in [9.17, 15) is 0 Å². The predicted molar refractivity (Wildman–Crippen MR) is 79.8 cm³/mol. The van der Waals surface area contributed by atoms with Crippen molar-refractivity contribution < 1.29 is 4.74 Å². The van der Waals surface area contributed by atoms with E-state index in [1.54, 1.807) is 12.4 Å². The highest BCUT2D eigenvalue weighted by Crippen LogP contribution is 2.15. The molecule has 1 aliphatic heterocycles. The first-order chi connectivity index (χ1) is 9.42. The third kappa shape index (κ3) is 5.06. The maximum atomic E-state index is 5.88. The summed E-state index contributed by atoms with van der Waals surface area (Å²) in [5.74, 6) is 0.638. The summed E-state index contributed by atoms with van der Waals surface area (Å²) < 4.78 is 5.88. The first-order valence-electron chi connectivity index (χ1n) is 7.33. The van der Waals surface area contributed by atoms with Crippen LogP contribution in [0.2, 0.25) is 0 Å². The lowest BCUT2D eigenvalue weighted by Gasteiger charge is -2.28. The van der Waals surface area contributed by atoms with Crippen LogP contribution in [0.1, 0.15) is 39.3 Å². The molecule has 0 spiro atoms. The van der Waals surface area contributed by atoms with Crippen molar-refractivity contribution in [1.82, 2.24) is 20.2 Å². The summed E-state index contributed by atoms with van der Waals surface area (Å²) in [7, 11) is 2.15. The van der Waals surface area contributed by atoms with Crippen molar-refractivity contribution in [2.24, 2.45) is 0 Å². The molecule has 0 aromatic carbocycles. The lowest BCUT2D eigenvalue weighted by atomic mass is 10.1. The highest BCUT2D eigenvalue weighted by molar-refractivity contribution is 5.08. The van der Waals surface area contributed by atoms with Crippen LogP contribution in [0, 0.1) is 0 Å². The van der Waals surface area contributed by atoms with Crippen LogP contribution in [-0.4, -0.2) is 46.6 Å². The third-order valence-electron chi connectivity index (χ3n) is 3.43. The third-order valence-corrected chi connectivity index (χ3v) is 3.43. The molecule has 1 aromatic rings. The Labute approximate surface area is 121 Å². The second-order valence-electron chi connectivity index (χ2n) is 6.57. The van der Waals surface area contributed by atoms with Crippen LogP contribution in [0.3, 0.4) is 0 Å². The van der Waals surface area contributed by atoms with Gasteiger partial charge in [0.1, 0.15) is 6.10 Å². The fraction of sp³-hybridized carbons (Fsp3) is 0.733. The van der Waals surface area contributed by atoms with Crippen LogP contribution in [0.25, 0.3) is 0 Å². The summed E-state index contributed by atoms with van der Waals surface area (Å²) in [6, 6.07) is 0. The van der Waals surface area contributed by atoms with Crippen molar-refractivity contribution in [3.8, 4) is 5.88 Å². The molecule has 2 heterocycles. The largest absolute Gasteiger partial charge is 0.473 e. The summed E-state index contributed by atoms with van der Waals surface area (Å²) in [5, 5.41) is 3.40. The van der Waals surface area contributed by atoms with Gasteiger partial charge in [0.2, 0.25) is 5.88 Å². The molecule has 1 aliphatic rings. The number of ether oxygens (including phenoxy) is 1. The monoisotopic (exact) mass is 278 g/mol. The predicted octanol–water partition coefficient (Wildman–Crippen LogP) is 1.84. The fourth-order valence-electron chi connectivity index (χ4n) is 2.12. The molecular weight excluding hydrogens is 252 g/mol. The van der Waals surface area contributed by atoms with Gasteiger partial charge in [-0.25, -0.2) is 4.98 Å². The van der Waals surface area contributed by atoms with Gasteiger partial charge in [0.25, 0.3) is 0 Å². The Kier molecular flexibility index (Phi) is 4.94. The highest BCUT2D eigenvalue weighted by atomic mass is 16.5. The number of piperidine rings is 1. The van der Waals surface area contributed by atoms with Gasteiger partial charge >= 0.3 is 0 Å². The van der Waals surface area contributed by atoms with Gasteiger partial charge in [-0.1, -0.05) is 0 Å². The van der Waals surface area contributed by atoms with Gasteiger partial charge in [-0.15, -0.1) is 0 Å². The molecule has 2 rings (SSSR count). The first kappa shape index (κ1) is 15.2. The van der Waals surface area contributed by atoms with E-state index in [1.165, 1.54) is 0 Å². The number of likely N-dealkylation sites (tertiary alicyclic amines) is 1. The summed E-state index contributed by atoms with van der Waals surface area (Å²) in [5.41, 5.74) is 1.03. The van der Waals surface area contributed by atoms with Gasteiger partial charge < -0.3 is 15.0 Å². The molecule has 0 unspecified atom stereocenters. The molecule has 1 N–H and O–H groups in total. The van der Waals surface area contributed by atoms with Crippen molar-refractivity contribution in [3.05, 3.63) is 18.1 Å². The van der Waals surface area contributed by atoms with Crippen LogP contribution < -0.4 is 10.1 Å². The molecule has 1 saturated heterocycles. The molecule has 5 nitrogen and oxygen atoms in total. The van der Waals surface area contributed by atoms with E-state index in [1.807, 2.05) is 0 Å². The zero-order valence-corrected chi connectivity index (χ0v) is 13.0. The molecule has 0 aliphatic carbocycles.